The molecule has 2 aromatic rings. The Morgan fingerprint density at radius 3 is 2.27 bits per heavy atom. The maximum Gasteiger partial charge on any atom is 0.0550 e. The molecule has 0 saturated carbocycles. The Balaban J connectivity index is 1.87. The molecule has 4 heteroatoms. The van der Waals surface area contributed by atoms with Crippen LogP contribution in [-0.4, -0.2) is 18.0 Å². The lowest BCUT2D eigenvalue weighted by Crippen LogP contribution is -2.27. The van der Waals surface area contributed by atoms with Crippen molar-refractivity contribution in [2.45, 2.75) is 25.3 Å². The molecule has 0 radical (unpaired) electrons. The molecule has 3 rings (SSSR count). The van der Waals surface area contributed by atoms with E-state index < -0.39 is 0 Å². The minimum Gasteiger partial charge on any atom is -0.397 e. The van der Waals surface area contributed by atoms with Crippen LogP contribution in [-0.2, 0) is 6.42 Å². The van der Waals surface area contributed by atoms with Gasteiger partial charge in [0.1, 0.15) is 0 Å². The van der Waals surface area contributed by atoms with Gasteiger partial charge in [-0.25, -0.2) is 0 Å². The molecule has 0 amide bonds. The maximum atomic E-state index is 6.03. The van der Waals surface area contributed by atoms with Crippen LogP contribution < -0.4 is 11.5 Å². The number of hydrogen-bond donors (Lipinski definition) is 2. The van der Waals surface area contributed by atoms with E-state index >= 15 is 0 Å². The fourth-order valence-electron chi connectivity index (χ4n) is 3.17. The second-order valence-corrected chi connectivity index (χ2v) is 6.41. The maximum absolute atomic E-state index is 6.03. The highest BCUT2D eigenvalue weighted by molar-refractivity contribution is 6.30. The monoisotopic (exact) mass is 315 g/mol. The lowest BCUT2D eigenvalue weighted by Gasteiger charge is -2.28. The zero-order valence-corrected chi connectivity index (χ0v) is 13.4. The predicted octanol–water partition coefficient (Wildman–Crippen LogP) is 3.88. The summed E-state index contributed by atoms with van der Waals surface area (Å²) in [4.78, 5) is 2.55. The second-order valence-electron chi connectivity index (χ2n) is 5.98. The second kappa shape index (κ2) is 6.59. The lowest BCUT2D eigenvalue weighted by molar-refractivity contribution is 0.244. The van der Waals surface area contributed by atoms with Crippen molar-refractivity contribution in [3.8, 4) is 0 Å². The van der Waals surface area contributed by atoms with Crippen molar-refractivity contribution >= 4 is 23.0 Å². The van der Waals surface area contributed by atoms with E-state index in [9.17, 15) is 0 Å². The first-order chi connectivity index (χ1) is 10.6. The Hall–Kier alpha value is -1.71. The lowest BCUT2D eigenvalue weighted by atomic mass is 9.97. The van der Waals surface area contributed by atoms with Crippen LogP contribution in [0.5, 0.6) is 0 Å². The summed E-state index contributed by atoms with van der Waals surface area (Å²) in [5.41, 5.74) is 15.6. The zero-order valence-electron chi connectivity index (χ0n) is 12.6. The van der Waals surface area contributed by atoms with Gasteiger partial charge in [-0.3, -0.25) is 4.90 Å². The van der Waals surface area contributed by atoms with Crippen LogP contribution in [0.1, 0.15) is 30.0 Å². The van der Waals surface area contributed by atoms with Crippen molar-refractivity contribution < 1.29 is 0 Å². The number of benzene rings is 2. The standard InChI is InChI=1S/C18H22ClN3/c19-15-6-4-14(5-7-15)18(22-9-1-2-10-22)12-13-3-8-16(20)17(21)11-13/h3-8,11,18H,1-2,9-10,12,20-21H2. The zero-order chi connectivity index (χ0) is 15.5. The number of anilines is 2. The third-order valence-corrected chi connectivity index (χ3v) is 4.67. The minimum atomic E-state index is 0.364. The number of nitrogen functional groups attached to an aromatic ring is 2. The summed E-state index contributed by atoms with van der Waals surface area (Å²) in [6.45, 7) is 2.30. The Labute approximate surface area is 136 Å². The molecule has 0 spiro atoms. The van der Waals surface area contributed by atoms with Gasteiger partial charge in [0.05, 0.1) is 11.4 Å². The summed E-state index contributed by atoms with van der Waals surface area (Å²) < 4.78 is 0. The van der Waals surface area contributed by atoms with Gasteiger partial charge in [0, 0.05) is 11.1 Å². The number of likely N-dealkylation sites (tertiary alicyclic amines) is 1. The summed E-state index contributed by atoms with van der Waals surface area (Å²) in [6.07, 6.45) is 3.48. The van der Waals surface area contributed by atoms with E-state index in [1.165, 1.54) is 24.0 Å². The van der Waals surface area contributed by atoms with E-state index in [4.69, 9.17) is 23.1 Å². The topological polar surface area (TPSA) is 55.3 Å². The molecule has 1 atom stereocenters. The van der Waals surface area contributed by atoms with Crippen LogP contribution in [0.3, 0.4) is 0 Å². The average molecular weight is 316 g/mol. The molecule has 1 aliphatic heterocycles. The van der Waals surface area contributed by atoms with Gasteiger partial charge < -0.3 is 11.5 Å². The first-order valence-corrected chi connectivity index (χ1v) is 8.14. The van der Waals surface area contributed by atoms with Crippen molar-refractivity contribution in [3.63, 3.8) is 0 Å². The molecule has 1 unspecified atom stereocenters. The molecular formula is C18H22ClN3. The van der Waals surface area contributed by atoms with Gasteiger partial charge in [-0.15, -0.1) is 0 Å². The quantitative estimate of drug-likeness (QED) is 0.842. The molecule has 116 valence electrons. The Kier molecular flexibility index (Phi) is 4.55. The normalized spacial score (nSPS) is 16.8. The van der Waals surface area contributed by atoms with Gasteiger partial charge in [-0.05, 0) is 67.7 Å². The Morgan fingerprint density at radius 2 is 1.64 bits per heavy atom. The highest BCUT2D eigenvalue weighted by atomic mass is 35.5. The SMILES string of the molecule is Nc1ccc(CC(c2ccc(Cl)cc2)N2CCCC2)cc1N. The molecule has 22 heavy (non-hydrogen) atoms. The van der Waals surface area contributed by atoms with E-state index in [-0.39, 0.29) is 0 Å². The molecule has 2 aromatic carbocycles. The van der Waals surface area contributed by atoms with Gasteiger partial charge in [0.15, 0.2) is 0 Å². The van der Waals surface area contributed by atoms with Crippen LogP contribution in [0.2, 0.25) is 5.02 Å². The van der Waals surface area contributed by atoms with Crippen LogP contribution in [0.25, 0.3) is 0 Å². The van der Waals surface area contributed by atoms with Gasteiger partial charge in [0.2, 0.25) is 0 Å². The van der Waals surface area contributed by atoms with E-state index in [1.807, 2.05) is 24.3 Å². The molecule has 4 N–H and O–H groups in total. The van der Waals surface area contributed by atoms with Gasteiger partial charge >= 0.3 is 0 Å². The van der Waals surface area contributed by atoms with Crippen LogP contribution in [0.15, 0.2) is 42.5 Å². The fraction of sp³-hybridized carbons (Fsp3) is 0.333. The molecule has 0 bridgehead atoms. The summed E-state index contributed by atoms with van der Waals surface area (Å²) in [5, 5.41) is 0.778. The third-order valence-electron chi connectivity index (χ3n) is 4.42. The molecule has 1 aliphatic rings. The van der Waals surface area contributed by atoms with Crippen molar-refractivity contribution in [3.05, 3.63) is 58.6 Å². The largest absolute Gasteiger partial charge is 0.397 e. The van der Waals surface area contributed by atoms with Gasteiger partial charge in [0.25, 0.3) is 0 Å². The van der Waals surface area contributed by atoms with E-state index in [2.05, 4.69) is 23.1 Å². The number of hydrogen-bond acceptors (Lipinski definition) is 3. The van der Waals surface area contributed by atoms with Gasteiger partial charge in [-0.2, -0.15) is 0 Å². The molecule has 1 fully saturated rings. The van der Waals surface area contributed by atoms with Crippen molar-refractivity contribution in [1.82, 2.24) is 4.90 Å². The fourth-order valence-corrected chi connectivity index (χ4v) is 3.30. The molecule has 3 nitrogen and oxygen atoms in total. The van der Waals surface area contributed by atoms with Crippen molar-refractivity contribution in [1.29, 1.82) is 0 Å². The van der Waals surface area contributed by atoms with Crippen LogP contribution in [0.4, 0.5) is 11.4 Å². The first kappa shape index (κ1) is 15.2. The number of nitrogens with zero attached hydrogens (tertiary/aromatic N) is 1. The molecule has 1 saturated heterocycles. The summed E-state index contributed by atoms with van der Waals surface area (Å²) in [7, 11) is 0. The summed E-state index contributed by atoms with van der Waals surface area (Å²) in [5.74, 6) is 0. The van der Waals surface area contributed by atoms with Crippen molar-refractivity contribution in [2.75, 3.05) is 24.6 Å². The third kappa shape index (κ3) is 3.37. The molecular weight excluding hydrogens is 294 g/mol. The molecule has 1 heterocycles. The number of rotatable bonds is 4. The first-order valence-electron chi connectivity index (χ1n) is 7.77. The number of halogens is 1. The average Bonchev–Trinajstić information content (AvgIpc) is 3.03. The highest BCUT2D eigenvalue weighted by Gasteiger charge is 2.23. The summed E-state index contributed by atoms with van der Waals surface area (Å²) in [6, 6.07) is 14.5. The predicted molar refractivity (Wildman–Crippen MR) is 94.0 cm³/mol. The van der Waals surface area contributed by atoms with E-state index in [0.29, 0.717) is 17.4 Å². The number of nitrogens with two attached hydrogens (primary N) is 2. The molecule has 0 aromatic heterocycles. The van der Waals surface area contributed by atoms with Crippen LogP contribution in [0, 0.1) is 0 Å². The summed E-state index contributed by atoms with van der Waals surface area (Å²) >= 11 is 6.03. The van der Waals surface area contributed by atoms with E-state index in [0.717, 1.165) is 24.5 Å². The van der Waals surface area contributed by atoms with E-state index in [1.54, 1.807) is 0 Å². The Bertz CT molecular complexity index is 633. The van der Waals surface area contributed by atoms with Crippen LogP contribution >= 0.6 is 11.6 Å². The minimum absolute atomic E-state index is 0.364. The smallest absolute Gasteiger partial charge is 0.0550 e. The van der Waals surface area contributed by atoms with Crippen molar-refractivity contribution in [2.24, 2.45) is 0 Å². The molecule has 0 aliphatic carbocycles. The van der Waals surface area contributed by atoms with Gasteiger partial charge in [-0.1, -0.05) is 29.8 Å². The Morgan fingerprint density at radius 1 is 0.955 bits per heavy atom. The highest BCUT2D eigenvalue weighted by Crippen LogP contribution is 2.30.